The van der Waals surface area contributed by atoms with E-state index in [1.54, 1.807) is 0 Å². The lowest BCUT2D eigenvalue weighted by Crippen LogP contribution is -2.21. The number of nitrogens with one attached hydrogen (secondary N) is 1. The Balaban J connectivity index is 1.40. The molecule has 0 aliphatic carbocycles. The fourth-order valence-corrected chi connectivity index (χ4v) is 3.64. The van der Waals surface area contributed by atoms with E-state index in [2.05, 4.69) is 51.3 Å². The van der Waals surface area contributed by atoms with E-state index in [9.17, 15) is 0 Å². The minimum atomic E-state index is 0.138. The van der Waals surface area contributed by atoms with Crippen LogP contribution in [-0.4, -0.2) is 21.4 Å². The zero-order chi connectivity index (χ0) is 20.1. The molecule has 0 bridgehead atoms. The summed E-state index contributed by atoms with van der Waals surface area (Å²) in [6, 6.07) is 16.4. The van der Waals surface area contributed by atoms with Crippen LogP contribution in [0.2, 0.25) is 0 Å². The second-order valence-corrected chi connectivity index (χ2v) is 7.32. The smallest absolute Gasteiger partial charge is 0.161 e. The second kappa shape index (κ2) is 9.09. The van der Waals surface area contributed by atoms with Crippen molar-refractivity contribution in [2.24, 2.45) is 0 Å². The van der Waals surface area contributed by atoms with Gasteiger partial charge in [-0.25, -0.2) is 0 Å². The fraction of sp³-hybridized carbons (Fsp3) is 0.391. The third kappa shape index (κ3) is 4.59. The topological polar surface area (TPSA) is 61.2 Å². The van der Waals surface area contributed by atoms with Crippen LogP contribution in [0.4, 0.5) is 0 Å². The molecule has 4 rings (SSSR count). The number of hydrogen-bond acceptors (Lipinski definition) is 5. The van der Waals surface area contributed by atoms with Gasteiger partial charge in [0.15, 0.2) is 11.5 Å². The Kier molecular flexibility index (Phi) is 6.10. The van der Waals surface area contributed by atoms with Gasteiger partial charge in [0.2, 0.25) is 0 Å². The van der Waals surface area contributed by atoms with Crippen LogP contribution in [0.25, 0.3) is 0 Å². The molecule has 0 amide bonds. The van der Waals surface area contributed by atoms with Crippen molar-refractivity contribution in [3.8, 4) is 11.5 Å². The number of fused-ring (bicyclic) bond motifs is 1. The molecule has 0 saturated carbocycles. The first-order valence-electron chi connectivity index (χ1n) is 10.3. The van der Waals surface area contributed by atoms with E-state index in [0.29, 0.717) is 13.2 Å². The average Bonchev–Trinajstić information content (AvgIpc) is 3.36. The number of aromatic nitrogens is 3. The average molecular weight is 393 g/mol. The van der Waals surface area contributed by atoms with Crippen LogP contribution in [-0.2, 0) is 26.1 Å². The maximum atomic E-state index is 6.00. The molecule has 3 aromatic rings. The predicted molar refractivity (Wildman–Crippen MR) is 112 cm³/mol. The van der Waals surface area contributed by atoms with Gasteiger partial charge in [-0.05, 0) is 43.5 Å². The molecule has 0 fully saturated rings. The Morgan fingerprint density at radius 3 is 2.72 bits per heavy atom. The first kappa shape index (κ1) is 19.5. The third-order valence-corrected chi connectivity index (χ3v) is 5.18. The predicted octanol–water partition coefficient (Wildman–Crippen LogP) is 4.05. The van der Waals surface area contributed by atoms with Crippen LogP contribution < -0.4 is 14.8 Å². The fourth-order valence-electron chi connectivity index (χ4n) is 3.64. The molecule has 2 aromatic carbocycles. The lowest BCUT2D eigenvalue weighted by Gasteiger charge is -2.16. The summed E-state index contributed by atoms with van der Waals surface area (Å²) in [6.07, 6.45) is 2.19. The van der Waals surface area contributed by atoms with Gasteiger partial charge in [0.05, 0.1) is 12.6 Å². The van der Waals surface area contributed by atoms with Gasteiger partial charge in [-0.1, -0.05) is 36.4 Å². The van der Waals surface area contributed by atoms with Gasteiger partial charge in [0.1, 0.15) is 18.3 Å². The van der Waals surface area contributed by atoms with Crippen LogP contribution in [0.15, 0.2) is 48.5 Å². The number of nitrogens with zero attached hydrogens (tertiary/aromatic N) is 3. The van der Waals surface area contributed by atoms with Gasteiger partial charge in [0, 0.05) is 19.5 Å². The van der Waals surface area contributed by atoms with Gasteiger partial charge in [-0.2, -0.15) is 0 Å². The van der Waals surface area contributed by atoms with Gasteiger partial charge in [0.25, 0.3) is 0 Å². The monoisotopic (exact) mass is 392 g/mol. The highest BCUT2D eigenvalue weighted by atomic mass is 16.5. The summed E-state index contributed by atoms with van der Waals surface area (Å²) in [5.74, 6) is 3.67. The van der Waals surface area contributed by atoms with Crippen LogP contribution in [0.5, 0.6) is 11.5 Å². The van der Waals surface area contributed by atoms with E-state index in [1.165, 1.54) is 0 Å². The molecule has 0 spiro atoms. The van der Waals surface area contributed by atoms with E-state index >= 15 is 0 Å². The number of hydrogen-bond donors (Lipinski definition) is 1. The summed E-state index contributed by atoms with van der Waals surface area (Å²) in [5.41, 5.74) is 2.28. The summed E-state index contributed by atoms with van der Waals surface area (Å²) in [7, 11) is 0. The summed E-state index contributed by atoms with van der Waals surface area (Å²) in [5, 5.41) is 12.2. The van der Waals surface area contributed by atoms with Crippen molar-refractivity contribution >= 4 is 0 Å². The molecular formula is C23H28N4O2. The molecule has 1 aliphatic heterocycles. The number of benzene rings is 2. The molecule has 152 valence electrons. The minimum absolute atomic E-state index is 0.138. The first-order chi connectivity index (χ1) is 14.2. The normalized spacial score (nSPS) is 13.9. The minimum Gasteiger partial charge on any atom is -0.490 e. The lowest BCUT2D eigenvalue weighted by atomic mass is 10.2. The highest BCUT2D eigenvalue weighted by molar-refractivity contribution is 5.43. The molecule has 29 heavy (non-hydrogen) atoms. The molecule has 1 aromatic heterocycles. The molecule has 0 radical (unpaired) electrons. The van der Waals surface area contributed by atoms with Gasteiger partial charge >= 0.3 is 0 Å². The zero-order valence-electron chi connectivity index (χ0n) is 17.1. The number of rotatable bonds is 9. The highest BCUT2D eigenvalue weighted by Gasteiger charge is 2.21. The quantitative estimate of drug-likeness (QED) is 0.595. The largest absolute Gasteiger partial charge is 0.490 e. The van der Waals surface area contributed by atoms with Crippen LogP contribution in [0.1, 0.15) is 49.1 Å². The summed E-state index contributed by atoms with van der Waals surface area (Å²) >= 11 is 0. The summed E-state index contributed by atoms with van der Waals surface area (Å²) < 4.78 is 14.1. The summed E-state index contributed by atoms with van der Waals surface area (Å²) in [4.78, 5) is 0. The van der Waals surface area contributed by atoms with Crippen molar-refractivity contribution < 1.29 is 9.47 Å². The standard InChI is InChI=1S/C23H28N4O2/c1-3-28-21-14-19(11-12-20(21)29-16-18-8-5-4-6-9-18)15-24-17(2)23-26-25-22-10-7-13-27(22)23/h4-6,8-9,11-12,14,17,24H,3,7,10,13,15-16H2,1-2H3/t17-/m0/s1. The van der Waals surface area contributed by atoms with Crippen molar-refractivity contribution in [3.05, 3.63) is 71.3 Å². The Morgan fingerprint density at radius 1 is 1.03 bits per heavy atom. The van der Waals surface area contributed by atoms with Gasteiger partial charge in [-0.3, -0.25) is 0 Å². The molecule has 1 aliphatic rings. The Bertz CT molecular complexity index is 939. The Morgan fingerprint density at radius 2 is 1.90 bits per heavy atom. The Labute approximate surface area is 171 Å². The van der Waals surface area contributed by atoms with Crippen molar-refractivity contribution in [3.63, 3.8) is 0 Å². The zero-order valence-corrected chi connectivity index (χ0v) is 17.1. The SMILES string of the molecule is CCOc1cc(CN[C@@H](C)c2nnc3n2CCC3)ccc1OCc1ccccc1. The van der Waals surface area contributed by atoms with Crippen LogP contribution >= 0.6 is 0 Å². The molecule has 6 nitrogen and oxygen atoms in total. The first-order valence-corrected chi connectivity index (χ1v) is 10.3. The molecule has 0 saturated heterocycles. The van der Waals surface area contributed by atoms with E-state index in [4.69, 9.17) is 9.47 Å². The van der Waals surface area contributed by atoms with Crippen molar-refractivity contribution in [2.75, 3.05) is 6.61 Å². The second-order valence-electron chi connectivity index (χ2n) is 7.32. The third-order valence-electron chi connectivity index (χ3n) is 5.18. The lowest BCUT2D eigenvalue weighted by molar-refractivity contribution is 0.269. The van der Waals surface area contributed by atoms with Crippen LogP contribution in [0, 0.1) is 0 Å². The van der Waals surface area contributed by atoms with Gasteiger partial charge < -0.3 is 19.4 Å². The van der Waals surface area contributed by atoms with Crippen molar-refractivity contribution in [1.82, 2.24) is 20.1 Å². The highest BCUT2D eigenvalue weighted by Crippen LogP contribution is 2.29. The molecule has 2 heterocycles. The molecule has 0 unspecified atom stereocenters. The molecular weight excluding hydrogens is 364 g/mol. The van der Waals surface area contributed by atoms with Crippen molar-refractivity contribution in [1.29, 1.82) is 0 Å². The van der Waals surface area contributed by atoms with E-state index in [-0.39, 0.29) is 6.04 Å². The molecule has 1 N–H and O–H groups in total. The van der Waals surface area contributed by atoms with E-state index in [0.717, 1.165) is 60.2 Å². The van der Waals surface area contributed by atoms with Gasteiger partial charge in [-0.15, -0.1) is 10.2 Å². The Hall–Kier alpha value is -2.86. The van der Waals surface area contributed by atoms with E-state index < -0.39 is 0 Å². The maximum absolute atomic E-state index is 6.00. The number of aryl methyl sites for hydroxylation is 1. The number of ether oxygens (including phenoxy) is 2. The maximum Gasteiger partial charge on any atom is 0.161 e. The summed E-state index contributed by atoms with van der Waals surface area (Å²) in [6.45, 7) is 6.98. The van der Waals surface area contributed by atoms with Crippen molar-refractivity contribution in [2.45, 2.75) is 52.4 Å². The van der Waals surface area contributed by atoms with Crippen LogP contribution in [0.3, 0.4) is 0 Å². The molecule has 1 atom stereocenters. The molecule has 6 heteroatoms. The van der Waals surface area contributed by atoms with E-state index in [1.807, 2.05) is 31.2 Å².